The van der Waals surface area contributed by atoms with Crippen LogP contribution in [0.3, 0.4) is 0 Å². The summed E-state index contributed by atoms with van der Waals surface area (Å²) in [6.07, 6.45) is 3.78. The van der Waals surface area contributed by atoms with E-state index in [1.54, 1.807) is 0 Å². The van der Waals surface area contributed by atoms with Gasteiger partial charge in [0, 0.05) is 5.75 Å². The molecule has 0 aliphatic rings. The average molecular weight is 162 g/mol. The third kappa shape index (κ3) is 8.31. The second kappa shape index (κ2) is 7.42. The van der Waals surface area contributed by atoms with E-state index in [0.29, 0.717) is 0 Å². The number of thioether (sulfide) groups is 1. The molecule has 0 amide bonds. The normalized spacial score (nSPS) is 13.5. The fourth-order valence-corrected chi connectivity index (χ4v) is 1.62. The van der Waals surface area contributed by atoms with Crippen LogP contribution in [-0.4, -0.2) is 22.7 Å². The maximum Gasteiger partial charge on any atom is 0.0602 e. The predicted molar refractivity (Wildman–Crippen MR) is 48.5 cm³/mol. The summed E-state index contributed by atoms with van der Waals surface area (Å²) in [5.41, 5.74) is 0. The van der Waals surface area contributed by atoms with E-state index in [0.717, 1.165) is 5.75 Å². The molecule has 2 heteroatoms. The predicted octanol–water partition coefficient (Wildman–Crippen LogP) is 2.29. The molecule has 0 fully saturated rings. The van der Waals surface area contributed by atoms with Crippen LogP contribution >= 0.6 is 11.8 Å². The molecule has 0 radical (unpaired) electrons. The van der Waals surface area contributed by atoms with Crippen molar-refractivity contribution in [3.63, 3.8) is 0 Å². The maximum absolute atomic E-state index is 8.89. The van der Waals surface area contributed by atoms with Crippen LogP contribution in [0.2, 0.25) is 0 Å². The van der Waals surface area contributed by atoms with E-state index in [1.807, 2.05) is 18.7 Å². The van der Waals surface area contributed by atoms with Crippen molar-refractivity contribution in [3.8, 4) is 0 Å². The van der Waals surface area contributed by atoms with Crippen LogP contribution in [0.5, 0.6) is 0 Å². The van der Waals surface area contributed by atoms with Crippen LogP contribution in [0.15, 0.2) is 0 Å². The van der Waals surface area contributed by atoms with Gasteiger partial charge in [0.1, 0.15) is 0 Å². The molecule has 0 aliphatic heterocycles. The Hall–Kier alpha value is 0.310. The van der Waals surface area contributed by atoms with Gasteiger partial charge in [-0.15, -0.1) is 0 Å². The lowest BCUT2D eigenvalue weighted by Gasteiger charge is -2.02. The quantitative estimate of drug-likeness (QED) is 0.605. The maximum atomic E-state index is 8.89. The summed E-state index contributed by atoms with van der Waals surface area (Å²) in [7, 11) is 0. The lowest BCUT2D eigenvalue weighted by Crippen LogP contribution is -2.03. The highest BCUT2D eigenvalue weighted by Crippen LogP contribution is 2.07. The third-order valence-electron chi connectivity index (χ3n) is 1.25. The molecule has 1 unspecified atom stereocenters. The van der Waals surface area contributed by atoms with E-state index in [-0.39, 0.29) is 6.10 Å². The van der Waals surface area contributed by atoms with Gasteiger partial charge < -0.3 is 5.11 Å². The molecule has 0 saturated carbocycles. The molecule has 0 aliphatic carbocycles. The summed E-state index contributed by atoms with van der Waals surface area (Å²) < 4.78 is 0. The first kappa shape index (κ1) is 10.3. The van der Waals surface area contributed by atoms with Crippen LogP contribution in [0.25, 0.3) is 0 Å². The standard InChI is InChI=1S/C8H18OS/c1-3-4-5-6-10-7-8(2)9/h8-9H,3-7H2,1-2H3. The first-order valence-corrected chi connectivity index (χ1v) is 5.18. The van der Waals surface area contributed by atoms with E-state index in [1.165, 1.54) is 25.0 Å². The molecule has 0 saturated heterocycles. The van der Waals surface area contributed by atoms with E-state index in [2.05, 4.69) is 6.92 Å². The minimum atomic E-state index is -0.133. The number of aliphatic hydroxyl groups excluding tert-OH is 1. The molecule has 0 aromatic heterocycles. The molecule has 62 valence electrons. The Morgan fingerprint density at radius 1 is 1.40 bits per heavy atom. The van der Waals surface area contributed by atoms with Crippen molar-refractivity contribution in [1.29, 1.82) is 0 Å². The molecule has 0 aromatic rings. The summed E-state index contributed by atoms with van der Waals surface area (Å²) >= 11 is 1.85. The molecule has 0 spiro atoms. The van der Waals surface area contributed by atoms with Crippen molar-refractivity contribution < 1.29 is 5.11 Å². The van der Waals surface area contributed by atoms with E-state index >= 15 is 0 Å². The van der Waals surface area contributed by atoms with Gasteiger partial charge in [-0.25, -0.2) is 0 Å². The van der Waals surface area contributed by atoms with Gasteiger partial charge in [0.25, 0.3) is 0 Å². The SMILES string of the molecule is CCCCCSCC(C)O. The zero-order valence-corrected chi connectivity index (χ0v) is 7.78. The molecule has 0 aromatic carbocycles. The molecule has 0 rings (SSSR count). The van der Waals surface area contributed by atoms with Gasteiger partial charge in [0.15, 0.2) is 0 Å². The van der Waals surface area contributed by atoms with Crippen molar-refractivity contribution in [2.24, 2.45) is 0 Å². The summed E-state index contributed by atoms with van der Waals surface area (Å²) in [6.45, 7) is 4.05. The molecule has 1 N–H and O–H groups in total. The number of hydrogen-bond donors (Lipinski definition) is 1. The van der Waals surface area contributed by atoms with Crippen molar-refractivity contribution >= 4 is 11.8 Å². The van der Waals surface area contributed by atoms with Crippen LogP contribution in [-0.2, 0) is 0 Å². The zero-order chi connectivity index (χ0) is 7.82. The van der Waals surface area contributed by atoms with Crippen LogP contribution in [0.4, 0.5) is 0 Å². The van der Waals surface area contributed by atoms with Gasteiger partial charge in [-0.3, -0.25) is 0 Å². The molecule has 10 heavy (non-hydrogen) atoms. The number of aliphatic hydroxyl groups is 1. The van der Waals surface area contributed by atoms with Crippen LogP contribution < -0.4 is 0 Å². The van der Waals surface area contributed by atoms with Gasteiger partial charge in [-0.2, -0.15) is 11.8 Å². The number of rotatable bonds is 6. The number of unbranched alkanes of at least 4 members (excludes halogenated alkanes) is 2. The van der Waals surface area contributed by atoms with Crippen molar-refractivity contribution in [2.45, 2.75) is 39.2 Å². The number of hydrogen-bond acceptors (Lipinski definition) is 2. The Balaban J connectivity index is 2.77. The molecule has 1 atom stereocenters. The third-order valence-corrected chi connectivity index (χ3v) is 2.55. The molecule has 1 nitrogen and oxygen atoms in total. The smallest absolute Gasteiger partial charge is 0.0602 e. The van der Waals surface area contributed by atoms with Gasteiger partial charge >= 0.3 is 0 Å². The summed E-state index contributed by atoms with van der Waals surface area (Å²) in [5, 5.41) is 8.89. The Morgan fingerprint density at radius 3 is 2.60 bits per heavy atom. The summed E-state index contributed by atoms with van der Waals surface area (Å²) in [5.74, 6) is 2.10. The lowest BCUT2D eigenvalue weighted by atomic mass is 10.3. The Bertz CT molecular complexity index is 64.3. The largest absolute Gasteiger partial charge is 0.393 e. The minimum absolute atomic E-state index is 0.133. The van der Waals surface area contributed by atoms with Gasteiger partial charge in [0.2, 0.25) is 0 Å². The first-order valence-electron chi connectivity index (χ1n) is 4.03. The highest BCUT2D eigenvalue weighted by atomic mass is 32.2. The Morgan fingerprint density at radius 2 is 2.10 bits per heavy atom. The van der Waals surface area contributed by atoms with Gasteiger partial charge in [0.05, 0.1) is 6.10 Å². The topological polar surface area (TPSA) is 20.2 Å². The highest BCUT2D eigenvalue weighted by molar-refractivity contribution is 7.99. The second-order valence-electron chi connectivity index (χ2n) is 2.63. The van der Waals surface area contributed by atoms with Crippen molar-refractivity contribution in [3.05, 3.63) is 0 Å². The molecular formula is C8H18OS. The summed E-state index contributed by atoms with van der Waals surface area (Å²) in [4.78, 5) is 0. The molecule has 0 heterocycles. The van der Waals surface area contributed by atoms with Gasteiger partial charge in [-0.05, 0) is 19.1 Å². The van der Waals surface area contributed by atoms with Crippen LogP contribution in [0.1, 0.15) is 33.1 Å². The van der Waals surface area contributed by atoms with E-state index in [4.69, 9.17) is 5.11 Å². The second-order valence-corrected chi connectivity index (χ2v) is 3.78. The molecule has 0 bridgehead atoms. The van der Waals surface area contributed by atoms with Crippen LogP contribution in [0, 0.1) is 0 Å². The van der Waals surface area contributed by atoms with E-state index in [9.17, 15) is 0 Å². The lowest BCUT2D eigenvalue weighted by molar-refractivity contribution is 0.220. The Kier molecular flexibility index (Phi) is 7.65. The fraction of sp³-hybridized carbons (Fsp3) is 1.00. The minimum Gasteiger partial charge on any atom is -0.393 e. The molecular weight excluding hydrogens is 144 g/mol. The van der Waals surface area contributed by atoms with Crippen molar-refractivity contribution in [2.75, 3.05) is 11.5 Å². The fourth-order valence-electron chi connectivity index (χ4n) is 0.708. The average Bonchev–Trinajstić information content (AvgIpc) is 1.87. The summed E-state index contributed by atoms with van der Waals surface area (Å²) in [6, 6.07) is 0. The monoisotopic (exact) mass is 162 g/mol. The van der Waals surface area contributed by atoms with Crippen molar-refractivity contribution in [1.82, 2.24) is 0 Å². The van der Waals surface area contributed by atoms with E-state index < -0.39 is 0 Å². The Labute approximate surface area is 68.2 Å². The highest BCUT2D eigenvalue weighted by Gasteiger charge is 1.94. The van der Waals surface area contributed by atoms with Gasteiger partial charge in [-0.1, -0.05) is 19.8 Å². The zero-order valence-electron chi connectivity index (χ0n) is 6.97. The first-order chi connectivity index (χ1) is 4.77.